The Morgan fingerprint density at radius 3 is 1.86 bits per heavy atom. The van der Waals surface area contributed by atoms with Crippen molar-refractivity contribution in [3.05, 3.63) is 91.7 Å². The average molecular weight is 279 g/mol. The molecule has 0 unspecified atom stereocenters. The summed E-state index contributed by atoms with van der Waals surface area (Å²) in [5.41, 5.74) is 14.4. The van der Waals surface area contributed by atoms with E-state index in [2.05, 4.69) is 18.5 Å². The van der Waals surface area contributed by atoms with Crippen LogP contribution in [0.15, 0.2) is 91.7 Å². The maximum atomic E-state index is 5.57. The van der Waals surface area contributed by atoms with Crippen LogP contribution in [0.2, 0.25) is 0 Å². The van der Waals surface area contributed by atoms with E-state index in [1.807, 2.05) is 60.7 Å². The van der Waals surface area contributed by atoms with Gasteiger partial charge in [0.25, 0.3) is 0 Å². The molecule has 0 saturated heterocycles. The van der Waals surface area contributed by atoms with Gasteiger partial charge in [0.05, 0.1) is 0 Å². The molecule has 3 heteroatoms. The van der Waals surface area contributed by atoms with E-state index in [0.717, 1.165) is 22.8 Å². The topological polar surface area (TPSA) is 64.1 Å². The molecule has 0 bridgehead atoms. The lowest BCUT2D eigenvalue weighted by Gasteiger charge is -2.06. The van der Waals surface area contributed by atoms with Crippen LogP contribution >= 0.6 is 0 Å². The zero-order valence-corrected chi connectivity index (χ0v) is 12.0. The third-order valence-corrected chi connectivity index (χ3v) is 2.52. The highest BCUT2D eigenvalue weighted by Crippen LogP contribution is 2.13. The molecule has 108 valence electrons. The van der Waals surface area contributed by atoms with Gasteiger partial charge < -0.3 is 16.8 Å². The van der Waals surface area contributed by atoms with Crippen molar-refractivity contribution in [3.63, 3.8) is 0 Å². The molecule has 2 aromatic rings. The Hall–Kier alpha value is -2.94. The molecule has 0 aliphatic heterocycles. The lowest BCUT2D eigenvalue weighted by molar-refractivity contribution is 1.48. The second kappa shape index (κ2) is 9.04. The first kappa shape index (κ1) is 16.1. The monoisotopic (exact) mass is 279 g/mol. The van der Waals surface area contributed by atoms with Gasteiger partial charge in [0.15, 0.2) is 0 Å². The van der Waals surface area contributed by atoms with E-state index in [4.69, 9.17) is 11.5 Å². The molecular weight excluding hydrogens is 258 g/mol. The van der Waals surface area contributed by atoms with Crippen molar-refractivity contribution in [3.8, 4) is 0 Å². The highest BCUT2D eigenvalue weighted by Gasteiger charge is 1.92. The van der Waals surface area contributed by atoms with Gasteiger partial charge in [-0.1, -0.05) is 37.4 Å². The highest BCUT2D eigenvalue weighted by atomic mass is 14.9. The quantitative estimate of drug-likeness (QED) is 0.580. The van der Waals surface area contributed by atoms with Crippen LogP contribution in [0.5, 0.6) is 0 Å². The van der Waals surface area contributed by atoms with Gasteiger partial charge in [0.1, 0.15) is 0 Å². The second-order valence-electron chi connectivity index (χ2n) is 4.22. The Bertz CT molecular complexity index is 584. The van der Waals surface area contributed by atoms with Gasteiger partial charge in [0.2, 0.25) is 0 Å². The summed E-state index contributed by atoms with van der Waals surface area (Å²) in [5, 5.41) is 3.17. The van der Waals surface area contributed by atoms with E-state index in [-0.39, 0.29) is 0 Å². The van der Waals surface area contributed by atoms with Crippen molar-refractivity contribution in [1.82, 2.24) is 0 Å². The summed E-state index contributed by atoms with van der Waals surface area (Å²) in [5.74, 6) is 0. The third kappa shape index (κ3) is 6.68. The summed E-state index contributed by atoms with van der Waals surface area (Å²) < 4.78 is 0. The van der Waals surface area contributed by atoms with E-state index in [1.165, 1.54) is 0 Å². The summed E-state index contributed by atoms with van der Waals surface area (Å²) in [6.45, 7) is 7.31. The third-order valence-electron chi connectivity index (χ3n) is 2.52. The Kier molecular flexibility index (Phi) is 6.94. The smallest absolute Gasteiger partial charge is 0.0385 e. The first-order valence-electron chi connectivity index (χ1n) is 6.54. The molecule has 0 spiro atoms. The highest BCUT2D eigenvalue weighted by molar-refractivity contribution is 5.55. The summed E-state index contributed by atoms with van der Waals surface area (Å²) >= 11 is 0. The average Bonchev–Trinajstić information content (AvgIpc) is 2.50. The Morgan fingerprint density at radius 2 is 1.43 bits per heavy atom. The molecule has 0 fully saturated rings. The number of para-hydroxylation sites is 1. The first-order valence-corrected chi connectivity index (χ1v) is 6.54. The van der Waals surface area contributed by atoms with Crippen molar-refractivity contribution < 1.29 is 0 Å². The van der Waals surface area contributed by atoms with Gasteiger partial charge >= 0.3 is 0 Å². The minimum Gasteiger partial charge on any atom is -0.399 e. The molecule has 0 radical (unpaired) electrons. The molecule has 0 aromatic heterocycles. The fraction of sp³-hybridized carbons (Fsp3) is 0. The summed E-state index contributed by atoms with van der Waals surface area (Å²) in [6.07, 6.45) is 5.29. The largest absolute Gasteiger partial charge is 0.399 e. The van der Waals surface area contributed by atoms with Crippen molar-refractivity contribution in [2.45, 2.75) is 0 Å². The van der Waals surface area contributed by atoms with E-state index < -0.39 is 0 Å². The number of nitrogens with two attached hydrogens (primary N) is 2. The minimum atomic E-state index is 0.753. The zero-order chi connectivity index (χ0) is 15.5. The summed E-state index contributed by atoms with van der Waals surface area (Å²) in [4.78, 5) is 0. The van der Waals surface area contributed by atoms with E-state index in [9.17, 15) is 0 Å². The van der Waals surface area contributed by atoms with Crippen LogP contribution in [0, 0.1) is 0 Å². The van der Waals surface area contributed by atoms with Crippen LogP contribution in [0.25, 0.3) is 0 Å². The SMILES string of the molecule is C=C/C=C(\C=C)Nc1ccc(N)cc1.Nc1ccccc1. The van der Waals surface area contributed by atoms with Crippen molar-refractivity contribution in [2.24, 2.45) is 0 Å². The molecule has 0 atom stereocenters. The molecule has 2 aromatic carbocycles. The number of allylic oxidation sites excluding steroid dienone is 3. The number of hydrogen-bond acceptors (Lipinski definition) is 3. The summed E-state index contributed by atoms with van der Waals surface area (Å²) in [6, 6.07) is 17.0. The molecular formula is C18H21N3. The molecule has 0 aliphatic rings. The first-order chi connectivity index (χ1) is 10.2. The van der Waals surface area contributed by atoms with Crippen LogP contribution in [-0.4, -0.2) is 0 Å². The van der Waals surface area contributed by atoms with Crippen LogP contribution in [0.3, 0.4) is 0 Å². The Labute approximate surface area is 126 Å². The molecule has 21 heavy (non-hydrogen) atoms. The van der Waals surface area contributed by atoms with Crippen molar-refractivity contribution in [2.75, 3.05) is 16.8 Å². The van der Waals surface area contributed by atoms with Gasteiger partial charge in [0, 0.05) is 22.8 Å². The number of hydrogen-bond donors (Lipinski definition) is 3. The van der Waals surface area contributed by atoms with Crippen molar-refractivity contribution in [1.29, 1.82) is 0 Å². The number of anilines is 3. The Balaban J connectivity index is 0.000000262. The maximum Gasteiger partial charge on any atom is 0.0385 e. The Morgan fingerprint density at radius 1 is 0.857 bits per heavy atom. The molecule has 0 amide bonds. The summed E-state index contributed by atoms with van der Waals surface area (Å²) in [7, 11) is 0. The van der Waals surface area contributed by atoms with E-state index >= 15 is 0 Å². The molecule has 0 aliphatic carbocycles. The number of rotatable bonds is 4. The van der Waals surface area contributed by atoms with Gasteiger partial charge in [-0.25, -0.2) is 0 Å². The van der Waals surface area contributed by atoms with E-state index in [1.54, 1.807) is 12.2 Å². The number of nitrogen functional groups attached to an aromatic ring is 2. The number of nitrogens with one attached hydrogen (secondary N) is 1. The van der Waals surface area contributed by atoms with Crippen LogP contribution < -0.4 is 16.8 Å². The lowest BCUT2D eigenvalue weighted by Crippen LogP contribution is -1.96. The van der Waals surface area contributed by atoms with Gasteiger partial charge in [-0.3, -0.25) is 0 Å². The standard InChI is InChI=1S/C12H14N2.C6H7N/c1-3-5-11(4-2)14-12-8-6-10(13)7-9-12;7-6-4-2-1-3-5-6/h3-9,14H,1-2,13H2;1-5H,7H2/b11-5+;. The van der Waals surface area contributed by atoms with Gasteiger partial charge in [-0.15, -0.1) is 0 Å². The number of benzene rings is 2. The lowest BCUT2D eigenvalue weighted by atomic mass is 10.2. The van der Waals surface area contributed by atoms with Crippen molar-refractivity contribution >= 4 is 17.1 Å². The van der Waals surface area contributed by atoms with E-state index in [0.29, 0.717) is 0 Å². The fourth-order valence-corrected chi connectivity index (χ4v) is 1.47. The van der Waals surface area contributed by atoms with Crippen LogP contribution in [0.1, 0.15) is 0 Å². The van der Waals surface area contributed by atoms with Crippen LogP contribution in [-0.2, 0) is 0 Å². The predicted molar refractivity (Wildman–Crippen MR) is 93.8 cm³/mol. The second-order valence-corrected chi connectivity index (χ2v) is 4.22. The van der Waals surface area contributed by atoms with Gasteiger partial charge in [-0.05, 0) is 48.6 Å². The molecule has 5 N–H and O–H groups in total. The maximum absolute atomic E-state index is 5.57. The molecule has 3 nitrogen and oxygen atoms in total. The fourth-order valence-electron chi connectivity index (χ4n) is 1.47. The van der Waals surface area contributed by atoms with Crippen LogP contribution in [0.4, 0.5) is 17.1 Å². The normalized spacial score (nSPS) is 10.0. The molecule has 0 heterocycles. The minimum absolute atomic E-state index is 0.753. The predicted octanol–water partition coefficient (Wildman–Crippen LogP) is 4.21. The zero-order valence-electron chi connectivity index (χ0n) is 12.0. The van der Waals surface area contributed by atoms with Gasteiger partial charge in [-0.2, -0.15) is 0 Å². The molecule has 2 rings (SSSR count). The molecule has 0 saturated carbocycles.